The van der Waals surface area contributed by atoms with Crippen molar-refractivity contribution in [3.05, 3.63) is 52.6 Å². The maximum Gasteiger partial charge on any atom is 0.349 e. The van der Waals surface area contributed by atoms with Gasteiger partial charge in [0.05, 0.1) is 33.2 Å². The van der Waals surface area contributed by atoms with E-state index >= 15 is 0 Å². The van der Waals surface area contributed by atoms with Gasteiger partial charge in [0.25, 0.3) is 5.91 Å². The van der Waals surface area contributed by atoms with Gasteiger partial charge in [0.15, 0.2) is 11.3 Å². The Morgan fingerprint density at radius 3 is 2.83 bits per heavy atom. The van der Waals surface area contributed by atoms with Crippen molar-refractivity contribution in [2.24, 2.45) is 0 Å². The Bertz CT molecular complexity index is 1110. The molecule has 1 unspecified atom stereocenters. The van der Waals surface area contributed by atoms with E-state index in [0.29, 0.717) is 48.0 Å². The molecule has 1 aliphatic rings. The molecule has 9 heteroatoms. The molecule has 1 amide bonds. The van der Waals surface area contributed by atoms with Gasteiger partial charge in [0.2, 0.25) is 11.8 Å². The number of carbonyl (C=O) groups excluding carboxylic acids is 1. The quantitative estimate of drug-likeness (QED) is 0.601. The van der Waals surface area contributed by atoms with Crippen molar-refractivity contribution in [1.82, 2.24) is 14.9 Å². The summed E-state index contributed by atoms with van der Waals surface area (Å²) in [6.07, 6.45) is 3.31. The molecule has 3 aromatic rings. The van der Waals surface area contributed by atoms with E-state index in [4.69, 9.17) is 18.6 Å². The zero-order chi connectivity index (χ0) is 20.4. The average molecular weight is 397 g/mol. The van der Waals surface area contributed by atoms with E-state index in [2.05, 4.69) is 9.97 Å². The molecule has 29 heavy (non-hydrogen) atoms. The summed E-state index contributed by atoms with van der Waals surface area (Å²) in [6.45, 7) is 0.782. The summed E-state index contributed by atoms with van der Waals surface area (Å²) >= 11 is 0. The fraction of sp³-hybridized carbons (Fsp3) is 0.300. The van der Waals surface area contributed by atoms with Gasteiger partial charge in [-0.15, -0.1) is 0 Å². The Balaban J connectivity index is 1.52. The minimum atomic E-state index is -0.699. The van der Waals surface area contributed by atoms with Gasteiger partial charge in [-0.05, 0) is 12.1 Å². The van der Waals surface area contributed by atoms with Crippen molar-refractivity contribution in [1.29, 1.82) is 0 Å². The molecular formula is C20H19N3O6. The zero-order valence-corrected chi connectivity index (χ0v) is 16.0. The lowest BCUT2D eigenvalue weighted by molar-refractivity contribution is 0.0766. The molecule has 0 bridgehead atoms. The number of rotatable bonds is 5. The summed E-state index contributed by atoms with van der Waals surface area (Å²) in [4.78, 5) is 35.0. The molecule has 2 aromatic heterocycles. The predicted molar refractivity (Wildman–Crippen MR) is 103 cm³/mol. The highest BCUT2D eigenvalue weighted by Crippen LogP contribution is 2.25. The maximum absolute atomic E-state index is 12.9. The highest BCUT2D eigenvalue weighted by Gasteiger charge is 2.30. The van der Waals surface area contributed by atoms with Crippen LogP contribution in [0.1, 0.15) is 16.8 Å². The number of hydrogen-bond acceptors (Lipinski definition) is 8. The van der Waals surface area contributed by atoms with Crippen LogP contribution in [-0.4, -0.2) is 54.2 Å². The van der Waals surface area contributed by atoms with Crippen molar-refractivity contribution in [3.63, 3.8) is 0 Å². The number of benzene rings is 1. The normalized spacial score (nSPS) is 16.1. The molecule has 1 fully saturated rings. The number of para-hydroxylation sites is 1. The topological polar surface area (TPSA) is 104 Å². The minimum Gasteiger partial charge on any atom is -0.493 e. The van der Waals surface area contributed by atoms with Crippen LogP contribution >= 0.6 is 0 Å². The van der Waals surface area contributed by atoms with Crippen LogP contribution in [0.25, 0.3) is 11.0 Å². The van der Waals surface area contributed by atoms with Crippen LogP contribution in [0.15, 0.2) is 45.9 Å². The maximum atomic E-state index is 12.9. The van der Waals surface area contributed by atoms with Gasteiger partial charge in [-0.2, -0.15) is 4.98 Å². The summed E-state index contributed by atoms with van der Waals surface area (Å²) in [6, 6.07) is 6.75. The number of nitrogens with zero attached hydrogens (tertiary/aromatic N) is 3. The molecule has 1 aliphatic heterocycles. The molecule has 0 radical (unpaired) electrons. The molecule has 1 atom stereocenters. The molecule has 150 valence electrons. The van der Waals surface area contributed by atoms with Crippen molar-refractivity contribution in [3.8, 4) is 17.5 Å². The lowest BCUT2D eigenvalue weighted by Gasteiger charge is -2.16. The summed E-state index contributed by atoms with van der Waals surface area (Å²) in [5.74, 6) is 0.706. The average Bonchev–Trinajstić information content (AvgIpc) is 3.21. The summed E-state index contributed by atoms with van der Waals surface area (Å²) < 4.78 is 21.4. The second-order valence-electron chi connectivity index (χ2n) is 6.51. The highest BCUT2D eigenvalue weighted by molar-refractivity contribution is 5.97. The molecule has 1 saturated heterocycles. The first-order valence-corrected chi connectivity index (χ1v) is 9.02. The van der Waals surface area contributed by atoms with E-state index in [1.807, 2.05) is 0 Å². The molecule has 9 nitrogen and oxygen atoms in total. The first-order valence-electron chi connectivity index (χ1n) is 9.02. The molecule has 4 rings (SSSR count). The van der Waals surface area contributed by atoms with Crippen LogP contribution in [0.2, 0.25) is 0 Å². The molecule has 0 saturated carbocycles. The SMILES string of the molecule is COc1cncc(OC2CCN(C(=O)c3cc4cccc(OC)c4oc3=O)C2)n1. The van der Waals surface area contributed by atoms with Crippen LogP contribution in [0.5, 0.6) is 17.5 Å². The number of fused-ring (bicyclic) bond motifs is 1. The van der Waals surface area contributed by atoms with Crippen LogP contribution < -0.4 is 19.8 Å². The molecule has 3 heterocycles. The Kier molecular flexibility index (Phi) is 5.03. The van der Waals surface area contributed by atoms with E-state index in [1.165, 1.54) is 32.7 Å². The summed E-state index contributed by atoms with van der Waals surface area (Å²) in [5, 5.41) is 0.617. The van der Waals surface area contributed by atoms with Crippen molar-refractivity contribution in [2.45, 2.75) is 12.5 Å². The van der Waals surface area contributed by atoms with E-state index in [9.17, 15) is 9.59 Å². The first kappa shape index (κ1) is 18.7. The molecule has 0 N–H and O–H groups in total. The standard InChI is InChI=1S/C20H19N3O6/c1-26-15-5-3-4-12-8-14(20(25)29-18(12)15)19(24)23-7-6-13(11-23)28-17-10-21-9-16(22-17)27-2/h3-5,8-10,13H,6-7,11H2,1-2H3. The molecule has 0 spiro atoms. The van der Waals surface area contributed by atoms with Gasteiger partial charge >= 0.3 is 5.63 Å². The summed E-state index contributed by atoms with van der Waals surface area (Å²) in [7, 11) is 2.99. The third kappa shape index (κ3) is 3.71. The zero-order valence-electron chi connectivity index (χ0n) is 16.0. The number of aromatic nitrogens is 2. The Morgan fingerprint density at radius 1 is 1.21 bits per heavy atom. The van der Waals surface area contributed by atoms with E-state index in [1.54, 1.807) is 23.1 Å². The lowest BCUT2D eigenvalue weighted by Crippen LogP contribution is -2.33. The van der Waals surface area contributed by atoms with Gasteiger partial charge < -0.3 is 23.5 Å². The number of methoxy groups -OCH3 is 2. The van der Waals surface area contributed by atoms with Crippen molar-refractivity contribution < 1.29 is 23.4 Å². The fourth-order valence-corrected chi connectivity index (χ4v) is 3.26. The second kappa shape index (κ2) is 7.78. The van der Waals surface area contributed by atoms with Crippen molar-refractivity contribution in [2.75, 3.05) is 27.3 Å². The van der Waals surface area contributed by atoms with Gasteiger partial charge in [-0.1, -0.05) is 12.1 Å². The number of carbonyl (C=O) groups is 1. The van der Waals surface area contributed by atoms with Crippen LogP contribution in [0, 0.1) is 0 Å². The third-order valence-corrected chi connectivity index (χ3v) is 4.69. The lowest BCUT2D eigenvalue weighted by atomic mass is 10.1. The number of ether oxygens (including phenoxy) is 3. The molecule has 1 aromatic carbocycles. The van der Waals surface area contributed by atoms with Crippen LogP contribution in [0.3, 0.4) is 0 Å². The third-order valence-electron chi connectivity index (χ3n) is 4.69. The van der Waals surface area contributed by atoms with E-state index in [-0.39, 0.29) is 11.7 Å². The number of amides is 1. The predicted octanol–water partition coefficient (Wildman–Crippen LogP) is 1.89. The van der Waals surface area contributed by atoms with Crippen molar-refractivity contribution >= 4 is 16.9 Å². The first-order chi connectivity index (χ1) is 14.1. The van der Waals surface area contributed by atoms with E-state index in [0.717, 1.165) is 0 Å². The highest BCUT2D eigenvalue weighted by atomic mass is 16.5. The number of likely N-dealkylation sites (tertiary alicyclic amines) is 1. The van der Waals surface area contributed by atoms with Gasteiger partial charge in [-0.25, -0.2) is 4.79 Å². The van der Waals surface area contributed by atoms with Gasteiger partial charge in [0.1, 0.15) is 11.7 Å². The number of hydrogen-bond donors (Lipinski definition) is 0. The van der Waals surface area contributed by atoms with E-state index < -0.39 is 11.5 Å². The van der Waals surface area contributed by atoms with Crippen LogP contribution in [0.4, 0.5) is 0 Å². The minimum absolute atomic E-state index is 0.0208. The monoisotopic (exact) mass is 397 g/mol. The second-order valence-corrected chi connectivity index (χ2v) is 6.51. The Hall–Kier alpha value is -3.62. The Labute approximate surface area is 165 Å². The van der Waals surface area contributed by atoms with Gasteiger partial charge in [-0.3, -0.25) is 9.78 Å². The Morgan fingerprint density at radius 2 is 2.03 bits per heavy atom. The smallest absolute Gasteiger partial charge is 0.349 e. The molecular weight excluding hydrogens is 378 g/mol. The van der Waals surface area contributed by atoms with Gasteiger partial charge in [0, 0.05) is 18.4 Å². The van der Waals surface area contributed by atoms with Crippen LogP contribution in [-0.2, 0) is 0 Å². The summed E-state index contributed by atoms with van der Waals surface area (Å²) in [5.41, 5.74) is -0.404. The fourth-order valence-electron chi connectivity index (χ4n) is 3.26. The largest absolute Gasteiger partial charge is 0.493 e. The molecule has 0 aliphatic carbocycles.